The first kappa shape index (κ1) is 15.9. The second-order valence-electron chi connectivity index (χ2n) is 5.31. The Morgan fingerprint density at radius 1 is 1.32 bits per heavy atom. The highest BCUT2D eigenvalue weighted by Gasteiger charge is 2.18. The Labute approximate surface area is 128 Å². The third kappa shape index (κ3) is 2.66. The van der Waals surface area contributed by atoms with Crippen molar-refractivity contribution in [2.45, 2.75) is 33.7 Å². The van der Waals surface area contributed by atoms with Crippen LogP contribution in [0.5, 0.6) is 0 Å². The van der Waals surface area contributed by atoms with Crippen LogP contribution in [-0.2, 0) is 0 Å². The summed E-state index contributed by atoms with van der Waals surface area (Å²) in [5.74, 6) is 0.554. The normalized spacial score (nSPS) is 11.1. The molecule has 0 fully saturated rings. The summed E-state index contributed by atoms with van der Waals surface area (Å²) < 4.78 is 1.64. The highest BCUT2D eigenvalue weighted by atomic mass is 16.6. The third-order valence-electron chi connectivity index (χ3n) is 3.64. The number of non-ortho nitro benzene ring substituents is 1. The minimum atomic E-state index is -0.480. The average molecular weight is 304 g/mol. The van der Waals surface area contributed by atoms with Gasteiger partial charge in [0, 0.05) is 31.3 Å². The summed E-state index contributed by atoms with van der Waals surface area (Å²) >= 11 is 0. The van der Waals surface area contributed by atoms with E-state index in [0.717, 1.165) is 0 Å². The maximum Gasteiger partial charge on any atom is 0.271 e. The molecule has 0 spiro atoms. The number of benzene rings is 1. The first-order chi connectivity index (χ1) is 10.4. The Morgan fingerprint density at radius 2 is 1.95 bits per heavy atom. The fraction of sp³-hybridized carbons (Fsp3) is 0.467. The zero-order valence-corrected chi connectivity index (χ0v) is 13.2. The first-order valence-corrected chi connectivity index (χ1v) is 7.36. The van der Waals surface area contributed by atoms with E-state index in [4.69, 9.17) is 0 Å². The Hall–Kier alpha value is -2.44. The summed E-state index contributed by atoms with van der Waals surface area (Å²) in [6.07, 6.45) is 0. The second-order valence-corrected chi connectivity index (χ2v) is 5.31. The monoisotopic (exact) mass is 304 g/mol. The molecule has 118 valence electrons. The van der Waals surface area contributed by atoms with Crippen LogP contribution >= 0.6 is 0 Å². The molecule has 7 nitrogen and oxygen atoms in total. The van der Waals surface area contributed by atoms with Crippen molar-refractivity contribution in [1.82, 2.24) is 9.55 Å². The van der Waals surface area contributed by atoms with Crippen LogP contribution < -0.4 is 10.5 Å². The van der Waals surface area contributed by atoms with E-state index in [1.165, 1.54) is 18.2 Å². The Kier molecular flexibility index (Phi) is 4.44. The number of rotatable bonds is 5. The standard InChI is InChI=1S/C15H20N4O3/c1-5-17(6-2)15-16-13-9-11(19(21)22)7-8-12(13)14(20)18(15)10(3)4/h7-10H,5-6H2,1-4H3. The van der Waals surface area contributed by atoms with E-state index in [1.807, 2.05) is 32.6 Å². The van der Waals surface area contributed by atoms with Gasteiger partial charge in [-0.3, -0.25) is 19.5 Å². The highest BCUT2D eigenvalue weighted by molar-refractivity contribution is 5.81. The Morgan fingerprint density at radius 3 is 2.45 bits per heavy atom. The fourth-order valence-corrected chi connectivity index (χ4v) is 2.48. The van der Waals surface area contributed by atoms with Crippen LogP contribution in [0.1, 0.15) is 33.7 Å². The molecular formula is C15H20N4O3. The zero-order valence-electron chi connectivity index (χ0n) is 13.2. The van der Waals surface area contributed by atoms with Crippen molar-refractivity contribution in [3.63, 3.8) is 0 Å². The van der Waals surface area contributed by atoms with E-state index in [1.54, 1.807) is 4.57 Å². The predicted molar refractivity (Wildman–Crippen MR) is 86.6 cm³/mol. The molecule has 0 unspecified atom stereocenters. The first-order valence-electron chi connectivity index (χ1n) is 7.36. The quantitative estimate of drug-likeness (QED) is 0.626. The molecule has 0 saturated carbocycles. The molecule has 0 aliphatic carbocycles. The van der Waals surface area contributed by atoms with Gasteiger partial charge < -0.3 is 4.90 Å². The molecule has 7 heteroatoms. The van der Waals surface area contributed by atoms with Crippen LogP contribution in [0, 0.1) is 10.1 Å². The predicted octanol–water partition coefficient (Wildman–Crippen LogP) is 2.73. The average Bonchev–Trinajstić information content (AvgIpc) is 2.47. The molecule has 0 N–H and O–H groups in total. The van der Waals surface area contributed by atoms with Gasteiger partial charge in [0.25, 0.3) is 11.2 Å². The molecular weight excluding hydrogens is 284 g/mol. The number of nitrogens with zero attached hydrogens (tertiary/aromatic N) is 4. The van der Waals surface area contributed by atoms with Gasteiger partial charge >= 0.3 is 0 Å². The van der Waals surface area contributed by atoms with Crippen LogP contribution in [-0.4, -0.2) is 27.6 Å². The second kappa shape index (κ2) is 6.13. The molecule has 22 heavy (non-hydrogen) atoms. The number of anilines is 1. The van der Waals surface area contributed by atoms with Crippen LogP contribution in [0.15, 0.2) is 23.0 Å². The van der Waals surface area contributed by atoms with Crippen molar-refractivity contribution in [2.24, 2.45) is 0 Å². The molecule has 0 amide bonds. The molecule has 2 aromatic rings. The van der Waals surface area contributed by atoms with E-state index in [2.05, 4.69) is 4.98 Å². The minimum absolute atomic E-state index is 0.0461. The minimum Gasteiger partial charge on any atom is -0.343 e. The van der Waals surface area contributed by atoms with Gasteiger partial charge in [-0.05, 0) is 33.8 Å². The summed E-state index contributed by atoms with van der Waals surface area (Å²) in [5.41, 5.74) is 0.127. The number of aromatic nitrogens is 2. The lowest BCUT2D eigenvalue weighted by atomic mass is 10.2. The topological polar surface area (TPSA) is 81.3 Å². The smallest absolute Gasteiger partial charge is 0.271 e. The van der Waals surface area contributed by atoms with Crippen molar-refractivity contribution >= 4 is 22.5 Å². The molecule has 1 aromatic carbocycles. The number of fused-ring (bicyclic) bond motifs is 1. The van der Waals surface area contributed by atoms with Gasteiger partial charge in [-0.1, -0.05) is 0 Å². The van der Waals surface area contributed by atoms with E-state index >= 15 is 0 Å². The SMILES string of the molecule is CCN(CC)c1nc2cc([N+](=O)[O-])ccc2c(=O)n1C(C)C. The van der Waals surface area contributed by atoms with Gasteiger partial charge in [-0.25, -0.2) is 4.98 Å². The molecule has 2 rings (SSSR count). The summed E-state index contributed by atoms with van der Waals surface area (Å²) in [7, 11) is 0. The van der Waals surface area contributed by atoms with Crippen LogP contribution in [0.2, 0.25) is 0 Å². The molecule has 0 atom stereocenters. The molecule has 1 heterocycles. The van der Waals surface area contributed by atoms with E-state index in [0.29, 0.717) is 29.9 Å². The van der Waals surface area contributed by atoms with Crippen molar-refractivity contribution in [1.29, 1.82) is 0 Å². The molecule has 0 radical (unpaired) electrons. The number of hydrogen-bond donors (Lipinski definition) is 0. The van der Waals surface area contributed by atoms with Crippen molar-refractivity contribution in [2.75, 3.05) is 18.0 Å². The van der Waals surface area contributed by atoms with Gasteiger partial charge in [0.2, 0.25) is 5.95 Å². The highest BCUT2D eigenvalue weighted by Crippen LogP contribution is 2.22. The Balaban J connectivity index is 2.83. The summed E-state index contributed by atoms with van der Waals surface area (Å²) in [4.78, 5) is 29.7. The summed E-state index contributed by atoms with van der Waals surface area (Å²) in [5, 5.41) is 11.3. The van der Waals surface area contributed by atoms with E-state index in [9.17, 15) is 14.9 Å². The molecule has 0 aliphatic rings. The van der Waals surface area contributed by atoms with Gasteiger partial charge in [-0.15, -0.1) is 0 Å². The number of nitro benzene ring substituents is 1. The summed E-state index contributed by atoms with van der Waals surface area (Å²) in [6, 6.07) is 4.13. The van der Waals surface area contributed by atoms with Gasteiger partial charge in [0.1, 0.15) is 0 Å². The largest absolute Gasteiger partial charge is 0.343 e. The Bertz CT molecular complexity index is 763. The zero-order chi connectivity index (χ0) is 16.4. The van der Waals surface area contributed by atoms with Crippen LogP contribution in [0.3, 0.4) is 0 Å². The van der Waals surface area contributed by atoms with E-state index < -0.39 is 4.92 Å². The molecule has 0 bridgehead atoms. The molecule has 1 aromatic heterocycles. The number of nitro groups is 1. The lowest BCUT2D eigenvalue weighted by molar-refractivity contribution is -0.384. The van der Waals surface area contributed by atoms with Crippen LogP contribution in [0.4, 0.5) is 11.6 Å². The third-order valence-corrected chi connectivity index (χ3v) is 3.64. The number of hydrogen-bond acceptors (Lipinski definition) is 5. The van der Waals surface area contributed by atoms with E-state index in [-0.39, 0.29) is 17.3 Å². The van der Waals surface area contributed by atoms with Gasteiger partial charge in [-0.2, -0.15) is 0 Å². The molecule has 0 aliphatic heterocycles. The van der Waals surface area contributed by atoms with Crippen LogP contribution in [0.25, 0.3) is 10.9 Å². The fourth-order valence-electron chi connectivity index (χ4n) is 2.48. The maximum atomic E-state index is 12.7. The van der Waals surface area contributed by atoms with Gasteiger partial charge in [0.15, 0.2) is 0 Å². The van der Waals surface area contributed by atoms with Crippen molar-refractivity contribution < 1.29 is 4.92 Å². The van der Waals surface area contributed by atoms with Crippen molar-refractivity contribution in [3.8, 4) is 0 Å². The summed E-state index contributed by atoms with van der Waals surface area (Å²) in [6.45, 7) is 9.22. The maximum absolute atomic E-state index is 12.7. The van der Waals surface area contributed by atoms with Crippen molar-refractivity contribution in [3.05, 3.63) is 38.7 Å². The van der Waals surface area contributed by atoms with Gasteiger partial charge in [0.05, 0.1) is 15.8 Å². The molecule has 0 saturated heterocycles. The lowest BCUT2D eigenvalue weighted by Crippen LogP contribution is -2.33. The lowest BCUT2D eigenvalue weighted by Gasteiger charge is -2.25.